The second-order valence-electron chi connectivity index (χ2n) is 4.38. The Balaban J connectivity index is 1.90. The van der Waals surface area contributed by atoms with Crippen molar-refractivity contribution in [3.8, 4) is 5.75 Å². The molecule has 1 heterocycles. The highest BCUT2D eigenvalue weighted by Crippen LogP contribution is 2.17. The monoisotopic (exact) mass is 245 g/mol. The first-order chi connectivity index (χ1) is 8.66. The number of nitrogens with zero attached hydrogens (tertiary/aromatic N) is 2. The Morgan fingerprint density at radius 3 is 2.94 bits per heavy atom. The van der Waals surface area contributed by atoms with Crippen LogP contribution in [0.5, 0.6) is 5.75 Å². The molecule has 1 atom stereocenters. The molecular weight excluding hydrogens is 226 g/mol. The number of hydrogen-bond donors (Lipinski definition) is 1. The minimum atomic E-state index is 0.0319. The predicted molar refractivity (Wildman–Crippen MR) is 71.5 cm³/mol. The summed E-state index contributed by atoms with van der Waals surface area (Å²) in [7, 11) is 0. The summed E-state index contributed by atoms with van der Waals surface area (Å²) in [5.41, 5.74) is 6.93. The van der Waals surface area contributed by atoms with Crippen molar-refractivity contribution in [1.82, 2.24) is 9.55 Å². The largest absolute Gasteiger partial charge is 0.492 e. The number of aromatic nitrogens is 2. The average Bonchev–Trinajstić information content (AvgIpc) is 2.76. The van der Waals surface area contributed by atoms with Gasteiger partial charge in [-0.05, 0) is 31.5 Å². The Kier molecular flexibility index (Phi) is 3.99. The molecule has 0 fully saturated rings. The van der Waals surface area contributed by atoms with Crippen LogP contribution in [0.3, 0.4) is 0 Å². The fraction of sp³-hybridized carbons (Fsp3) is 0.357. The van der Waals surface area contributed by atoms with Crippen LogP contribution in [-0.4, -0.2) is 16.2 Å². The van der Waals surface area contributed by atoms with E-state index in [-0.39, 0.29) is 6.04 Å². The Morgan fingerprint density at radius 1 is 1.44 bits per heavy atom. The molecule has 18 heavy (non-hydrogen) atoms. The van der Waals surface area contributed by atoms with Crippen LogP contribution in [0.1, 0.15) is 24.4 Å². The Bertz CT molecular complexity index is 505. The molecule has 0 aliphatic heterocycles. The minimum Gasteiger partial charge on any atom is -0.492 e. The maximum Gasteiger partial charge on any atom is 0.119 e. The van der Waals surface area contributed by atoms with Gasteiger partial charge in [-0.25, -0.2) is 4.98 Å². The zero-order valence-corrected chi connectivity index (χ0v) is 10.8. The lowest BCUT2D eigenvalue weighted by Crippen LogP contribution is -2.09. The molecule has 0 bridgehead atoms. The summed E-state index contributed by atoms with van der Waals surface area (Å²) in [6, 6.07) is 7.95. The summed E-state index contributed by atoms with van der Waals surface area (Å²) < 4.78 is 7.79. The van der Waals surface area contributed by atoms with Gasteiger partial charge in [0.05, 0.1) is 6.54 Å². The molecule has 1 aromatic heterocycles. The van der Waals surface area contributed by atoms with Crippen molar-refractivity contribution >= 4 is 0 Å². The first-order valence-electron chi connectivity index (χ1n) is 6.13. The summed E-state index contributed by atoms with van der Waals surface area (Å²) in [4.78, 5) is 4.17. The van der Waals surface area contributed by atoms with Crippen molar-refractivity contribution in [2.45, 2.75) is 26.4 Å². The molecule has 2 rings (SSSR count). The maximum atomic E-state index is 5.84. The molecule has 0 aliphatic rings. The Labute approximate surface area is 107 Å². The molecule has 2 aromatic rings. The van der Waals surface area contributed by atoms with Crippen LogP contribution in [0.25, 0.3) is 0 Å². The number of hydrogen-bond acceptors (Lipinski definition) is 3. The number of rotatable bonds is 5. The number of imidazole rings is 1. The van der Waals surface area contributed by atoms with E-state index in [1.807, 2.05) is 44.3 Å². The molecule has 1 aromatic carbocycles. The fourth-order valence-corrected chi connectivity index (χ4v) is 1.79. The van der Waals surface area contributed by atoms with E-state index >= 15 is 0 Å². The number of aryl methyl sites for hydroxylation is 1. The van der Waals surface area contributed by atoms with E-state index in [1.165, 1.54) is 0 Å². The van der Waals surface area contributed by atoms with E-state index in [0.717, 1.165) is 23.7 Å². The second-order valence-corrected chi connectivity index (χ2v) is 4.38. The third kappa shape index (κ3) is 3.11. The van der Waals surface area contributed by atoms with Gasteiger partial charge in [-0.1, -0.05) is 12.1 Å². The van der Waals surface area contributed by atoms with Crippen LogP contribution < -0.4 is 10.5 Å². The quantitative estimate of drug-likeness (QED) is 0.879. The molecule has 0 aliphatic carbocycles. The highest BCUT2D eigenvalue weighted by molar-refractivity contribution is 5.30. The molecular formula is C14H19N3O. The first-order valence-corrected chi connectivity index (χ1v) is 6.13. The third-order valence-corrected chi connectivity index (χ3v) is 2.91. The molecule has 4 nitrogen and oxygen atoms in total. The molecule has 96 valence electrons. The van der Waals surface area contributed by atoms with E-state index in [4.69, 9.17) is 10.5 Å². The Hall–Kier alpha value is -1.81. The minimum absolute atomic E-state index is 0.0319. The van der Waals surface area contributed by atoms with Gasteiger partial charge in [0.25, 0.3) is 0 Å². The van der Waals surface area contributed by atoms with Gasteiger partial charge in [0, 0.05) is 18.4 Å². The van der Waals surface area contributed by atoms with Crippen LogP contribution in [-0.2, 0) is 6.54 Å². The van der Waals surface area contributed by atoms with Crippen LogP contribution in [0, 0.1) is 6.92 Å². The summed E-state index contributed by atoms with van der Waals surface area (Å²) >= 11 is 0. The number of nitrogens with two attached hydrogens (primary N) is 1. The smallest absolute Gasteiger partial charge is 0.119 e. The van der Waals surface area contributed by atoms with Crippen molar-refractivity contribution in [3.05, 3.63) is 48.0 Å². The molecule has 0 amide bonds. The molecule has 0 spiro atoms. The fourth-order valence-electron chi connectivity index (χ4n) is 1.79. The standard InChI is InChI=1S/C14H19N3O/c1-11(15)13-4-3-5-14(10-13)18-9-8-17-7-6-16-12(17)2/h3-7,10-11H,8-9,15H2,1-2H3/t11-/m0/s1. The van der Waals surface area contributed by atoms with E-state index in [1.54, 1.807) is 6.20 Å². The van der Waals surface area contributed by atoms with Gasteiger partial charge < -0.3 is 15.0 Å². The van der Waals surface area contributed by atoms with Crippen molar-refractivity contribution in [3.63, 3.8) is 0 Å². The molecule has 0 saturated carbocycles. The van der Waals surface area contributed by atoms with Gasteiger partial charge in [-0.3, -0.25) is 0 Å². The van der Waals surface area contributed by atoms with E-state index in [9.17, 15) is 0 Å². The van der Waals surface area contributed by atoms with Crippen molar-refractivity contribution < 1.29 is 4.74 Å². The molecule has 0 radical (unpaired) electrons. The number of ether oxygens (including phenoxy) is 1. The molecule has 0 saturated heterocycles. The lowest BCUT2D eigenvalue weighted by atomic mass is 10.1. The van der Waals surface area contributed by atoms with Crippen LogP contribution in [0.15, 0.2) is 36.7 Å². The van der Waals surface area contributed by atoms with Gasteiger partial charge >= 0.3 is 0 Å². The molecule has 0 unspecified atom stereocenters. The lowest BCUT2D eigenvalue weighted by molar-refractivity contribution is 0.296. The van der Waals surface area contributed by atoms with E-state index < -0.39 is 0 Å². The van der Waals surface area contributed by atoms with E-state index in [2.05, 4.69) is 9.55 Å². The predicted octanol–water partition coefficient (Wildman–Crippen LogP) is 2.29. The third-order valence-electron chi connectivity index (χ3n) is 2.91. The van der Waals surface area contributed by atoms with Crippen LogP contribution in [0.4, 0.5) is 0 Å². The zero-order chi connectivity index (χ0) is 13.0. The normalized spacial score (nSPS) is 12.4. The van der Waals surface area contributed by atoms with Gasteiger partial charge in [0.15, 0.2) is 0 Å². The first kappa shape index (κ1) is 12.6. The molecule has 4 heteroatoms. The lowest BCUT2D eigenvalue weighted by Gasteiger charge is -2.10. The van der Waals surface area contributed by atoms with E-state index in [0.29, 0.717) is 6.61 Å². The van der Waals surface area contributed by atoms with Crippen molar-refractivity contribution in [2.75, 3.05) is 6.61 Å². The van der Waals surface area contributed by atoms with Crippen molar-refractivity contribution in [1.29, 1.82) is 0 Å². The average molecular weight is 245 g/mol. The Morgan fingerprint density at radius 2 is 2.28 bits per heavy atom. The summed E-state index contributed by atoms with van der Waals surface area (Å²) in [6.07, 6.45) is 3.75. The second kappa shape index (κ2) is 5.69. The van der Waals surface area contributed by atoms with Gasteiger partial charge in [-0.15, -0.1) is 0 Å². The summed E-state index contributed by atoms with van der Waals surface area (Å²) in [6.45, 7) is 5.37. The maximum absolute atomic E-state index is 5.84. The zero-order valence-electron chi connectivity index (χ0n) is 10.8. The summed E-state index contributed by atoms with van der Waals surface area (Å²) in [5, 5.41) is 0. The number of benzene rings is 1. The van der Waals surface area contributed by atoms with Gasteiger partial charge in [0.2, 0.25) is 0 Å². The SMILES string of the molecule is Cc1nccn1CCOc1cccc([C@H](C)N)c1. The highest BCUT2D eigenvalue weighted by Gasteiger charge is 2.02. The summed E-state index contributed by atoms with van der Waals surface area (Å²) in [5.74, 6) is 1.87. The van der Waals surface area contributed by atoms with Gasteiger partial charge in [-0.2, -0.15) is 0 Å². The van der Waals surface area contributed by atoms with Crippen LogP contribution in [0.2, 0.25) is 0 Å². The van der Waals surface area contributed by atoms with Crippen LogP contribution >= 0.6 is 0 Å². The van der Waals surface area contributed by atoms with Gasteiger partial charge in [0.1, 0.15) is 18.2 Å². The topological polar surface area (TPSA) is 53.1 Å². The highest BCUT2D eigenvalue weighted by atomic mass is 16.5. The van der Waals surface area contributed by atoms with Crippen molar-refractivity contribution in [2.24, 2.45) is 5.73 Å². The molecule has 2 N–H and O–H groups in total.